The summed E-state index contributed by atoms with van der Waals surface area (Å²) in [7, 11) is 1.32. The van der Waals surface area contributed by atoms with E-state index in [-0.39, 0.29) is 6.42 Å². The predicted octanol–water partition coefficient (Wildman–Crippen LogP) is 1.67. The summed E-state index contributed by atoms with van der Waals surface area (Å²) in [5.41, 5.74) is 0.807. The third kappa shape index (κ3) is 2.55. The van der Waals surface area contributed by atoms with Gasteiger partial charge in [-0.25, -0.2) is 0 Å². The van der Waals surface area contributed by atoms with Gasteiger partial charge in [0.1, 0.15) is 6.42 Å². The first-order valence-electron chi connectivity index (χ1n) is 5.20. The van der Waals surface area contributed by atoms with E-state index in [2.05, 4.69) is 9.89 Å². The van der Waals surface area contributed by atoms with Crippen LogP contribution in [0, 0.1) is 0 Å². The highest BCUT2D eigenvalue weighted by Crippen LogP contribution is 2.26. The second-order valence-corrected chi connectivity index (χ2v) is 3.84. The maximum absolute atomic E-state index is 11.2. The molecule has 0 saturated carbocycles. The summed E-state index contributed by atoms with van der Waals surface area (Å²) in [6.07, 6.45) is -0.0106. The van der Waals surface area contributed by atoms with Gasteiger partial charge in [0, 0.05) is 12.5 Å². The Morgan fingerprint density at radius 1 is 1.41 bits per heavy atom. The molecule has 1 aliphatic rings. The van der Waals surface area contributed by atoms with Gasteiger partial charge in [-0.1, -0.05) is 18.2 Å². The molecule has 90 valence electrons. The normalized spacial score (nSPS) is 22.4. The van der Waals surface area contributed by atoms with E-state index in [1.165, 1.54) is 7.11 Å². The topological polar surface area (TPSA) is 57.1 Å². The Morgan fingerprint density at radius 2 is 2.12 bits per heavy atom. The van der Waals surface area contributed by atoms with Gasteiger partial charge in [0.25, 0.3) is 11.7 Å². The molecule has 5 nitrogen and oxygen atoms in total. The lowest BCUT2D eigenvalue weighted by atomic mass is 10.2. The van der Waals surface area contributed by atoms with E-state index in [1.807, 2.05) is 30.3 Å². The maximum atomic E-state index is 11.2. The standard InChI is InChI=1S/C12H13NO4/c1-12(8-10(14)15-2)16-11(13-17-12)9-6-4-3-5-7-9/h3-7H,8H2,1-2H3. The van der Waals surface area contributed by atoms with Crippen molar-refractivity contribution in [1.82, 2.24) is 0 Å². The Morgan fingerprint density at radius 3 is 2.76 bits per heavy atom. The van der Waals surface area contributed by atoms with Crippen molar-refractivity contribution in [3.63, 3.8) is 0 Å². The van der Waals surface area contributed by atoms with Gasteiger partial charge in [0.15, 0.2) is 0 Å². The molecule has 1 aliphatic heterocycles. The highest BCUT2D eigenvalue weighted by molar-refractivity contribution is 5.94. The first-order chi connectivity index (χ1) is 8.13. The number of carbonyl (C=O) groups excluding carboxylic acids is 1. The molecule has 0 N–H and O–H groups in total. The van der Waals surface area contributed by atoms with Gasteiger partial charge in [-0.05, 0) is 17.3 Å². The van der Waals surface area contributed by atoms with Crippen molar-refractivity contribution in [2.24, 2.45) is 5.16 Å². The van der Waals surface area contributed by atoms with Crippen LogP contribution in [-0.4, -0.2) is 24.8 Å². The average molecular weight is 235 g/mol. The number of ether oxygens (including phenoxy) is 2. The molecule has 1 heterocycles. The van der Waals surface area contributed by atoms with E-state index in [1.54, 1.807) is 6.92 Å². The Labute approximate surface area is 99.0 Å². The lowest BCUT2D eigenvalue weighted by Gasteiger charge is -2.19. The van der Waals surface area contributed by atoms with Crippen molar-refractivity contribution in [2.75, 3.05) is 7.11 Å². The predicted molar refractivity (Wildman–Crippen MR) is 60.2 cm³/mol. The van der Waals surface area contributed by atoms with E-state index in [0.29, 0.717) is 5.90 Å². The van der Waals surface area contributed by atoms with Crippen molar-refractivity contribution in [1.29, 1.82) is 0 Å². The highest BCUT2D eigenvalue weighted by Gasteiger charge is 2.39. The Hall–Kier alpha value is -2.04. The van der Waals surface area contributed by atoms with Crippen LogP contribution in [0.2, 0.25) is 0 Å². The first kappa shape index (κ1) is 11.4. The molecule has 0 amide bonds. The Bertz CT molecular complexity index is 443. The summed E-state index contributed by atoms with van der Waals surface area (Å²) in [6.45, 7) is 1.64. The van der Waals surface area contributed by atoms with Crippen molar-refractivity contribution >= 4 is 11.9 Å². The summed E-state index contributed by atoms with van der Waals surface area (Å²) in [4.78, 5) is 16.3. The van der Waals surface area contributed by atoms with Crippen LogP contribution in [0.15, 0.2) is 35.5 Å². The molecule has 0 aliphatic carbocycles. The monoisotopic (exact) mass is 235 g/mol. The molecular weight excluding hydrogens is 222 g/mol. The quantitative estimate of drug-likeness (QED) is 0.748. The minimum absolute atomic E-state index is 0.0106. The second kappa shape index (κ2) is 4.45. The van der Waals surface area contributed by atoms with Crippen LogP contribution >= 0.6 is 0 Å². The van der Waals surface area contributed by atoms with Gasteiger partial charge in [-0.2, -0.15) is 0 Å². The van der Waals surface area contributed by atoms with Crippen LogP contribution < -0.4 is 0 Å². The van der Waals surface area contributed by atoms with E-state index < -0.39 is 11.8 Å². The molecule has 5 heteroatoms. The largest absolute Gasteiger partial charge is 0.469 e. The highest BCUT2D eigenvalue weighted by atomic mass is 16.8. The minimum atomic E-state index is -1.09. The molecule has 0 fully saturated rings. The molecule has 0 saturated heterocycles. The zero-order valence-electron chi connectivity index (χ0n) is 9.67. The zero-order chi connectivity index (χ0) is 12.3. The number of rotatable bonds is 3. The van der Waals surface area contributed by atoms with Gasteiger partial charge >= 0.3 is 5.97 Å². The molecule has 0 bridgehead atoms. The van der Waals surface area contributed by atoms with Gasteiger partial charge in [-0.3, -0.25) is 4.79 Å². The SMILES string of the molecule is COC(=O)CC1(C)ON=C(c2ccccc2)O1. The fraction of sp³-hybridized carbons (Fsp3) is 0.333. The smallest absolute Gasteiger partial charge is 0.313 e. The maximum Gasteiger partial charge on any atom is 0.313 e. The summed E-state index contributed by atoms with van der Waals surface area (Å²) in [5.74, 6) is -1.12. The number of methoxy groups -OCH3 is 1. The summed E-state index contributed by atoms with van der Waals surface area (Å²) < 4.78 is 10.1. The van der Waals surface area contributed by atoms with E-state index in [9.17, 15) is 4.79 Å². The second-order valence-electron chi connectivity index (χ2n) is 3.84. The van der Waals surface area contributed by atoms with Crippen molar-refractivity contribution < 1.29 is 19.1 Å². The molecule has 2 rings (SSSR count). The number of carbonyl (C=O) groups is 1. The number of hydrogen-bond donors (Lipinski definition) is 0. The van der Waals surface area contributed by atoms with E-state index >= 15 is 0 Å². The van der Waals surface area contributed by atoms with Gasteiger partial charge in [-0.15, -0.1) is 0 Å². The van der Waals surface area contributed by atoms with Crippen molar-refractivity contribution in [3.05, 3.63) is 35.9 Å². The van der Waals surface area contributed by atoms with Gasteiger partial charge < -0.3 is 14.3 Å². The molecule has 0 spiro atoms. The van der Waals surface area contributed by atoms with Crippen LogP contribution in [0.4, 0.5) is 0 Å². The third-order valence-electron chi connectivity index (χ3n) is 2.35. The lowest BCUT2D eigenvalue weighted by molar-refractivity contribution is -0.173. The van der Waals surface area contributed by atoms with Crippen LogP contribution in [0.1, 0.15) is 18.9 Å². The fourth-order valence-corrected chi connectivity index (χ4v) is 1.47. The van der Waals surface area contributed by atoms with E-state index in [0.717, 1.165) is 5.56 Å². The van der Waals surface area contributed by atoms with Crippen LogP contribution in [0.25, 0.3) is 0 Å². The van der Waals surface area contributed by atoms with E-state index in [4.69, 9.17) is 9.57 Å². The first-order valence-corrected chi connectivity index (χ1v) is 5.20. The molecule has 1 atom stereocenters. The average Bonchev–Trinajstić information content (AvgIpc) is 2.72. The molecule has 1 aromatic carbocycles. The molecule has 1 unspecified atom stereocenters. The number of hydrogen-bond acceptors (Lipinski definition) is 5. The molecule has 0 aromatic heterocycles. The van der Waals surface area contributed by atoms with Crippen molar-refractivity contribution in [2.45, 2.75) is 19.1 Å². The third-order valence-corrected chi connectivity index (χ3v) is 2.35. The van der Waals surface area contributed by atoms with Gasteiger partial charge in [0.05, 0.1) is 7.11 Å². The Kier molecular flexibility index (Phi) is 2.99. The summed E-state index contributed by atoms with van der Waals surface area (Å²) >= 11 is 0. The number of esters is 1. The summed E-state index contributed by atoms with van der Waals surface area (Å²) in [6, 6.07) is 9.35. The van der Waals surface area contributed by atoms with Gasteiger partial charge in [0.2, 0.25) is 0 Å². The molecule has 1 aromatic rings. The summed E-state index contributed by atoms with van der Waals surface area (Å²) in [5, 5.41) is 3.83. The minimum Gasteiger partial charge on any atom is -0.469 e. The number of nitrogens with zero attached hydrogens (tertiary/aromatic N) is 1. The molecule has 0 radical (unpaired) electrons. The number of oxime groups is 1. The fourth-order valence-electron chi connectivity index (χ4n) is 1.47. The van der Waals surface area contributed by atoms with Crippen molar-refractivity contribution in [3.8, 4) is 0 Å². The zero-order valence-corrected chi connectivity index (χ0v) is 9.67. The van der Waals surface area contributed by atoms with Crippen LogP contribution in [0.5, 0.6) is 0 Å². The van der Waals surface area contributed by atoms with Crippen LogP contribution in [0.3, 0.4) is 0 Å². The lowest BCUT2D eigenvalue weighted by Crippen LogP contribution is -2.31. The number of benzene rings is 1. The Balaban J connectivity index is 2.06. The molecular formula is C12H13NO4. The molecule has 17 heavy (non-hydrogen) atoms. The van der Waals surface area contributed by atoms with Crippen LogP contribution in [-0.2, 0) is 19.1 Å².